The van der Waals surface area contributed by atoms with Crippen LogP contribution in [-0.2, 0) is 6.54 Å². The Hall–Kier alpha value is -2.58. The summed E-state index contributed by atoms with van der Waals surface area (Å²) < 4.78 is 16.9. The van der Waals surface area contributed by atoms with Crippen LogP contribution in [0.15, 0.2) is 65.4 Å². The average molecular weight is 445 g/mol. The molecule has 2 aromatic carbocycles. The Morgan fingerprint density at radius 1 is 1.22 bits per heavy atom. The normalized spacial score (nSPS) is 11.0. The molecule has 2 heterocycles. The van der Waals surface area contributed by atoms with Gasteiger partial charge in [-0.3, -0.25) is 14.4 Å². The van der Waals surface area contributed by atoms with Crippen molar-refractivity contribution in [2.75, 3.05) is 11.4 Å². The van der Waals surface area contributed by atoms with Gasteiger partial charge in [-0.15, -0.1) is 0 Å². The molecule has 0 saturated heterocycles. The van der Waals surface area contributed by atoms with Gasteiger partial charge in [0.05, 0.1) is 16.8 Å². The number of thiazole rings is 1. The van der Waals surface area contributed by atoms with Crippen molar-refractivity contribution in [3.05, 3.63) is 76.8 Å². The molecule has 136 valence electrons. The van der Waals surface area contributed by atoms with Crippen LogP contribution < -0.4 is 4.90 Å². The van der Waals surface area contributed by atoms with Gasteiger partial charge in [-0.2, -0.15) is 5.10 Å². The van der Waals surface area contributed by atoms with E-state index in [-0.39, 0.29) is 11.7 Å². The second-order valence-corrected chi connectivity index (χ2v) is 7.77. The number of hydrogen-bond acceptors (Lipinski definition) is 4. The third-order valence-corrected chi connectivity index (χ3v) is 5.59. The first-order chi connectivity index (χ1) is 13.1. The minimum atomic E-state index is -0.319. The van der Waals surface area contributed by atoms with Crippen LogP contribution in [0.4, 0.5) is 9.52 Å². The van der Waals surface area contributed by atoms with E-state index >= 15 is 0 Å². The second-order valence-electron chi connectivity index (χ2n) is 5.84. The summed E-state index contributed by atoms with van der Waals surface area (Å²) in [4.78, 5) is 19.3. The van der Waals surface area contributed by atoms with Gasteiger partial charge in [0.15, 0.2) is 5.13 Å². The van der Waals surface area contributed by atoms with Gasteiger partial charge in [-0.1, -0.05) is 27.3 Å². The highest BCUT2D eigenvalue weighted by atomic mass is 79.9. The summed E-state index contributed by atoms with van der Waals surface area (Å²) in [5, 5.41) is 4.72. The predicted octanol–water partition coefficient (Wildman–Crippen LogP) is 4.74. The van der Waals surface area contributed by atoms with E-state index in [9.17, 15) is 9.18 Å². The van der Waals surface area contributed by atoms with E-state index in [4.69, 9.17) is 0 Å². The molecule has 4 rings (SSSR count). The summed E-state index contributed by atoms with van der Waals surface area (Å²) in [5.41, 5.74) is 1.23. The zero-order valence-corrected chi connectivity index (χ0v) is 16.5. The van der Waals surface area contributed by atoms with Crippen LogP contribution in [0.25, 0.3) is 10.2 Å². The number of fused-ring (bicyclic) bond motifs is 1. The number of carbonyl (C=O) groups excluding carboxylic acids is 1. The summed E-state index contributed by atoms with van der Waals surface area (Å²) >= 11 is 4.68. The molecule has 0 aliphatic heterocycles. The molecule has 0 bridgehead atoms. The number of anilines is 1. The maximum absolute atomic E-state index is 13.5. The lowest BCUT2D eigenvalue weighted by atomic mass is 10.2. The molecule has 4 aromatic rings. The number of carbonyl (C=O) groups is 1. The second kappa shape index (κ2) is 7.58. The largest absolute Gasteiger partial charge is 0.282 e. The highest BCUT2D eigenvalue weighted by Gasteiger charge is 2.21. The van der Waals surface area contributed by atoms with Crippen molar-refractivity contribution in [1.29, 1.82) is 0 Å². The first-order valence-corrected chi connectivity index (χ1v) is 9.82. The van der Waals surface area contributed by atoms with E-state index in [1.165, 1.54) is 23.5 Å². The Morgan fingerprint density at radius 3 is 2.78 bits per heavy atom. The predicted molar refractivity (Wildman–Crippen MR) is 108 cm³/mol. The molecule has 0 atom stereocenters. The lowest BCUT2D eigenvalue weighted by Crippen LogP contribution is -2.34. The van der Waals surface area contributed by atoms with Crippen LogP contribution in [0, 0.1) is 5.82 Å². The van der Waals surface area contributed by atoms with Crippen molar-refractivity contribution in [2.24, 2.45) is 0 Å². The minimum absolute atomic E-state index is 0.158. The van der Waals surface area contributed by atoms with Gasteiger partial charge in [0.2, 0.25) is 0 Å². The summed E-state index contributed by atoms with van der Waals surface area (Å²) in [5.74, 6) is -0.478. The quantitative estimate of drug-likeness (QED) is 0.446. The standard InChI is InChI=1S/C19H14BrFN4OS/c20-14-4-2-13(3-5-14)18(26)25(11-10-24-9-1-8-22-24)19-23-16-7-6-15(21)12-17(16)27-19/h1-9,12H,10-11H2. The zero-order valence-electron chi connectivity index (χ0n) is 14.0. The number of aromatic nitrogens is 3. The SMILES string of the molecule is O=C(c1ccc(Br)cc1)N(CCn1cccn1)c1nc2ccc(F)cc2s1. The summed E-state index contributed by atoms with van der Waals surface area (Å²) in [6, 6.07) is 13.4. The molecule has 2 aromatic heterocycles. The maximum Gasteiger partial charge on any atom is 0.260 e. The van der Waals surface area contributed by atoms with E-state index < -0.39 is 0 Å². The van der Waals surface area contributed by atoms with Crippen molar-refractivity contribution in [3.63, 3.8) is 0 Å². The third-order valence-electron chi connectivity index (χ3n) is 4.02. The van der Waals surface area contributed by atoms with Crippen molar-refractivity contribution in [2.45, 2.75) is 6.54 Å². The number of amides is 1. The van der Waals surface area contributed by atoms with E-state index in [0.29, 0.717) is 34.0 Å². The first kappa shape index (κ1) is 17.8. The maximum atomic E-state index is 13.5. The van der Waals surface area contributed by atoms with Crippen LogP contribution in [0.3, 0.4) is 0 Å². The number of benzene rings is 2. The van der Waals surface area contributed by atoms with Crippen LogP contribution in [0.2, 0.25) is 0 Å². The molecule has 0 unspecified atom stereocenters. The number of halogens is 2. The smallest absolute Gasteiger partial charge is 0.260 e. The molecule has 0 aliphatic rings. The Kier molecular flexibility index (Phi) is 5.00. The van der Waals surface area contributed by atoms with Crippen molar-refractivity contribution in [1.82, 2.24) is 14.8 Å². The van der Waals surface area contributed by atoms with Crippen LogP contribution in [0.5, 0.6) is 0 Å². The van der Waals surface area contributed by atoms with E-state index in [1.54, 1.807) is 34.0 Å². The molecule has 5 nitrogen and oxygen atoms in total. The molecule has 0 spiro atoms. The molecule has 1 amide bonds. The highest BCUT2D eigenvalue weighted by molar-refractivity contribution is 9.10. The Balaban J connectivity index is 1.69. The van der Waals surface area contributed by atoms with Gasteiger partial charge in [-0.25, -0.2) is 9.37 Å². The van der Waals surface area contributed by atoms with Gasteiger partial charge < -0.3 is 0 Å². The number of rotatable bonds is 5. The number of nitrogens with zero attached hydrogens (tertiary/aromatic N) is 4. The number of hydrogen-bond donors (Lipinski definition) is 0. The summed E-state index contributed by atoms with van der Waals surface area (Å²) in [7, 11) is 0. The van der Waals surface area contributed by atoms with Crippen LogP contribution >= 0.6 is 27.3 Å². The van der Waals surface area contributed by atoms with Crippen molar-refractivity contribution in [3.8, 4) is 0 Å². The third kappa shape index (κ3) is 3.91. The molecule has 0 saturated carbocycles. The van der Waals surface area contributed by atoms with Gasteiger partial charge in [-0.05, 0) is 48.5 Å². The Morgan fingerprint density at radius 2 is 2.04 bits per heavy atom. The fourth-order valence-corrected chi connectivity index (χ4v) is 3.95. The molecule has 8 heteroatoms. The van der Waals surface area contributed by atoms with Crippen LogP contribution in [-0.4, -0.2) is 27.2 Å². The Labute approximate surface area is 167 Å². The zero-order chi connectivity index (χ0) is 18.8. The monoisotopic (exact) mass is 444 g/mol. The van der Waals surface area contributed by atoms with Gasteiger partial charge in [0, 0.05) is 29.0 Å². The average Bonchev–Trinajstić information content (AvgIpc) is 3.31. The lowest BCUT2D eigenvalue weighted by Gasteiger charge is -2.20. The molecule has 27 heavy (non-hydrogen) atoms. The van der Waals surface area contributed by atoms with Crippen molar-refractivity contribution >= 4 is 48.5 Å². The van der Waals surface area contributed by atoms with Crippen molar-refractivity contribution < 1.29 is 9.18 Å². The van der Waals surface area contributed by atoms with E-state index in [2.05, 4.69) is 26.0 Å². The van der Waals surface area contributed by atoms with Gasteiger partial charge in [0.25, 0.3) is 5.91 Å². The first-order valence-electron chi connectivity index (χ1n) is 8.21. The summed E-state index contributed by atoms with van der Waals surface area (Å²) in [6.45, 7) is 0.929. The lowest BCUT2D eigenvalue weighted by molar-refractivity contribution is 0.0986. The fourth-order valence-electron chi connectivity index (χ4n) is 2.67. The topological polar surface area (TPSA) is 51.0 Å². The fraction of sp³-hybridized carbons (Fsp3) is 0.105. The van der Waals surface area contributed by atoms with Gasteiger partial charge in [0.1, 0.15) is 5.82 Å². The molecular weight excluding hydrogens is 431 g/mol. The molecule has 0 radical (unpaired) electrons. The van der Waals surface area contributed by atoms with Crippen LogP contribution in [0.1, 0.15) is 10.4 Å². The summed E-state index contributed by atoms with van der Waals surface area (Å²) in [6.07, 6.45) is 3.54. The molecule has 0 N–H and O–H groups in total. The van der Waals surface area contributed by atoms with E-state index in [1.807, 2.05) is 24.4 Å². The van der Waals surface area contributed by atoms with Gasteiger partial charge >= 0.3 is 0 Å². The molecular formula is C19H14BrFN4OS. The minimum Gasteiger partial charge on any atom is -0.282 e. The highest BCUT2D eigenvalue weighted by Crippen LogP contribution is 2.30. The Bertz CT molecular complexity index is 1080. The van der Waals surface area contributed by atoms with E-state index in [0.717, 1.165) is 4.47 Å². The molecule has 0 fully saturated rings. The molecule has 0 aliphatic carbocycles.